The standard InChI is InChI=1S/C23H24N2OS/c26-23(25-18-10-2-1-3-11-18)21-14-7-12-19(24-21)16-27-22-15-6-9-17-8-4-5-13-20(17)22/h4-9,12-15,18H,1-3,10-11,16H2,(H,25,26). The molecule has 1 N–H and O–H groups in total. The number of thioether (sulfide) groups is 1. The van der Waals surface area contributed by atoms with Gasteiger partial charge in [0.15, 0.2) is 0 Å². The quantitative estimate of drug-likeness (QED) is 0.590. The van der Waals surface area contributed by atoms with E-state index >= 15 is 0 Å². The maximum absolute atomic E-state index is 12.5. The third-order valence-corrected chi connectivity index (χ3v) is 6.21. The lowest BCUT2D eigenvalue weighted by atomic mass is 9.95. The van der Waals surface area contributed by atoms with E-state index < -0.39 is 0 Å². The predicted molar refractivity (Wildman–Crippen MR) is 112 cm³/mol. The first kappa shape index (κ1) is 18.1. The van der Waals surface area contributed by atoms with Crippen molar-refractivity contribution in [3.8, 4) is 0 Å². The molecule has 4 rings (SSSR count). The molecule has 1 amide bonds. The highest BCUT2D eigenvalue weighted by atomic mass is 32.2. The second-order valence-electron chi connectivity index (χ2n) is 7.09. The Morgan fingerprint density at radius 3 is 2.63 bits per heavy atom. The van der Waals surface area contributed by atoms with E-state index in [1.54, 1.807) is 11.8 Å². The lowest BCUT2D eigenvalue weighted by Crippen LogP contribution is -2.36. The summed E-state index contributed by atoms with van der Waals surface area (Å²) in [4.78, 5) is 18.4. The summed E-state index contributed by atoms with van der Waals surface area (Å²) in [5.74, 6) is 0.706. The zero-order valence-corrected chi connectivity index (χ0v) is 16.2. The highest BCUT2D eigenvalue weighted by molar-refractivity contribution is 7.98. The van der Waals surface area contributed by atoms with Crippen molar-refractivity contribution in [1.29, 1.82) is 0 Å². The minimum absolute atomic E-state index is 0.0427. The first-order valence-corrected chi connectivity index (χ1v) is 10.7. The maximum Gasteiger partial charge on any atom is 0.270 e. The predicted octanol–water partition coefficient (Wildman–Crippen LogP) is 5.59. The largest absolute Gasteiger partial charge is 0.348 e. The Hall–Kier alpha value is -2.33. The summed E-state index contributed by atoms with van der Waals surface area (Å²) >= 11 is 1.76. The summed E-state index contributed by atoms with van der Waals surface area (Å²) in [6, 6.07) is 20.8. The fraction of sp³-hybridized carbons (Fsp3) is 0.304. The summed E-state index contributed by atoms with van der Waals surface area (Å²) in [5, 5.41) is 5.66. The summed E-state index contributed by atoms with van der Waals surface area (Å²) in [6.45, 7) is 0. The van der Waals surface area contributed by atoms with E-state index in [4.69, 9.17) is 0 Å². The van der Waals surface area contributed by atoms with Crippen molar-refractivity contribution < 1.29 is 4.79 Å². The molecule has 4 heteroatoms. The Balaban J connectivity index is 1.43. The van der Waals surface area contributed by atoms with Gasteiger partial charge in [0, 0.05) is 16.7 Å². The summed E-state index contributed by atoms with van der Waals surface area (Å²) in [6.07, 6.45) is 5.87. The van der Waals surface area contributed by atoms with Crippen LogP contribution in [0.15, 0.2) is 65.6 Å². The lowest BCUT2D eigenvalue weighted by molar-refractivity contribution is 0.0922. The normalized spacial score (nSPS) is 15.0. The summed E-state index contributed by atoms with van der Waals surface area (Å²) in [5.41, 5.74) is 1.46. The molecular formula is C23H24N2OS. The highest BCUT2D eigenvalue weighted by Gasteiger charge is 2.17. The third-order valence-electron chi connectivity index (χ3n) is 5.10. The van der Waals surface area contributed by atoms with Gasteiger partial charge in [0.05, 0.1) is 5.69 Å². The molecule has 0 unspecified atom stereocenters. The number of nitrogens with one attached hydrogen (secondary N) is 1. The zero-order valence-electron chi connectivity index (χ0n) is 15.4. The Labute approximate surface area is 164 Å². The van der Waals surface area contributed by atoms with E-state index in [9.17, 15) is 4.79 Å². The van der Waals surface area contributed by atoms with Crippen LogP contribution in [0.25, 0.3) is 10.8 Å². The molecule has 2 aromatic carbocycles. The van der Waals surface area contributed by atoms with Crippen LogP contribution in [-0.4, -0.2) is 16.9 Å². The number of pyridine rings is 1. The number of benzene rings is 2. The molecule has 138 valence electrons. The number of fused-ring (bicyclic) bond motifs is 1. The fourth-order valence-electron chi connectivity index (χ4n) is 3.67. The van der Waals surface area contributed by atoms with Crippen LogP contribution < -0.4 is 5.32 Å². The van der Waals surface area contributed by atoms with Crippen LogP contribution in [-0.2, 0) is 5.75 Å². The molecule has 0 saturated heterocycles. The molecule has 1 heterocycles. The van der Waals surface area contributed by atoms with Gasteiger partial charge in [0.1, 0.15) is 5.69 Å². The second-order valence-corrected chi connectivity index (χ2v) is 8.11. The van der Waals surface area contributed by atoms with E-state index in [0.717, 1.165) is 24.3 Å². The molecule has 0 radical (unpaired) electrons. The van der Waals surface area contributed by atoms with Gasteiger partial charge in [-0.2, -0.15) is 0 Å². The van der Waals surface area contributed by atoms with Crippen molar-refractivity contribution in [2.24, 2.45) is 0 Å². The first-order valence-electron chi connectivity index (χ1n) is 9.67. The first-order chi connectivity index (χ1) is 13.3. The average molecular weight is 377 g/mol. The molecule has 3 aromatic rings. The summed E-state index contributed by atoms with van der Waals surface area (Å²) < 4.78 is 0. The Morgan fingerprint density at radius 1 is 0.963 bits per heavy atom. The molecule has 1 saturated carbocycles. The van der Waals surface area contributed by atoms with E-state index in [-0.39, 0.29) is 5.91 Å². The van der Waals surface area contributed by atoms with Crippen LogP contribution in [0.4, 0.5) is 0 Å². The van der Waals surface area contributed by atoms with Crippen LogP contribution in [0.1, 0.15) is 48.3 Å². The molecule has 0 atom stereocenters. The topological polar surface area (TPSA) is 42.0 Å². The fourth-order valence-corrected chi connectivity index (χ4v) is 4.65. The van der Waals surface area contributed by atoms with E-state index in [2.05, 4.69) is 52.8 Å². The van der Waals surface area contributed by atoms with Gasteiger partial charge in [-0.3, -0.25) is 4.79 Å². The van der Waals surface area contributed by atoms with Crippen molar-refractivity contribution in [2.45, 2.75) is 48.8 Å². The van der Waals surface area contributed by atoms with Gasteiger partial charge in [-0.1, -0.05) is 61.7 Å². The van der Waals surface area contributed by atoms with Crippen molar-refractivity contribution in [3.63, 3.8) is 0 Å². The number of amides is 1. The van der Waals surface area contributed by atoms with Crippen molar-refractivity contribution in [1.82, 2.24) is 10.3 Å². The van der Waals surface area contributed by atoms with Gasteiger partial charge in [-0.25, -0.2) is 4.98 Å². The van der Waals surface area contributed by atoms with Crippen LogP contribution in [0.2, 0.25) is 0 Å². The van der Waals surface area contributed by atoms with E-state index in [1.165, 1.54) is 34.9 Å². The minimum Gasteiger partial charge on any atom is -0.348 e. The molecular weight excluding hydrogens is 352 g/mol. The Morgan fingerprint density at radius 2 is 1.74 bits per heavy atom. The number of hydrogen-bond acceptors (Lipinski definition) is 3. The number of carbonyl (C=O) groups excluding carboxylic acids is 1. The van der Waals surface area contributed by atoms with Gasteiger partial charge < -0.3 is 5.32 Å². The molecule has 0 spiro atoms. The molecule has 1 aliphatic carbocycles. The van der Waals surface area contributed by atoms with Crippen LogP contribution in [0, 0.1) is 0 Å². The number of carbonyl (C=O) groups is 1. The van der Waals surface area contributed by atoms with Gasteiger partial charge in [0.25, 0.3) is 5.91 Å². The summed E-state index contributed by atoms with van der Waals surface area (Å²) in [7, 11) is 0. The van der Waals surface area contributed by atoms with Gasteiger partial charge in [-0.05, 0) is 41.8 Å². The number of hydrogen-bond donors (Lipinski definition) is 1. The number of rotatable bonds is 5. The zero-order chi connectivity index (χ0) is 18.5. The molecule has 3 nitrogen and oxygen atoms in total. The number of nitrogens with zero attached hydrogens (tertiary/aromatic N) is 1. The molecule has 0 aliphatic heterocycles. The van der Waals surface area contributed by atoms with E-state index in [1.807, 2.05) is 18.2 Å². The molecule has 1 aromatic heterocycles. The van der Waals surface area contributed by atoms with E-state index in [0.29, 0.717) is 11.7 Å². The SMILES string of the molecule is O=C(NC1CCCCC1)c1cccc(CSc2cccc3ccccc23)n1. The molecule has 27 heavy (non-hydrogen) atoms. The Kier molecular flexibility index (Phi) is 5.73. The van der Waals surface area contributed by atoms with Crippen molar-refractivity contribution in [3.05, 3.63) is 72.1 Å². The maximum atomic E-state index is 12.5. The molecule has 0 bridgehead atoms. The highest BCUT2D eigenvalue weighted by Crippen LogP contribution is 2.29. The monoisotopic (exact) mass is 376 g/mol. The minimum atomic E-state index is -0.0427. The van der Waals surface area contributed by atoms with Gasteiger partial charge in [0.2, 0.25) is 0 Å². The lowest BCUT2D eigenvalue weighted by Gasteiger charge is -2.22. The third kappa shape index (κ3) is 4.51. The van der Waals surface area contributed by atoms with Crippen molar-refractivity contribution in [2.75, 3.05) is 0 Å². The smallest absolute Gasteiger partial charge is 0.270 e. The van der Waals surface area contributed by atoms with Crippen molar-refractivity contribution >= 4 is 28.4 Å². The van der Waals surface area contributed by atoms with Crippen LogP contribution in [0.3, 0.4) is 0 Å². The van der Waals surface area contributed by atoms with Crippen LogP contribution in [0.5, 0.6) is 0 Å². The Bertz CT molecular complexity index is 929. The van der Waals surface area contributed by atoms with Crippen LogP contribution >= 0.6 is 11.8 Å². The average Bonchev–Trinajstić information content (AvgIpc) is 2.73. The van der Waals surface area contributed by atoms with Gasteiger partial charge in [-0.15, -0.1) is 11.8 Å². The number of aromatic nitrogens is 1. The molecule has 1 aliphatic rings. The van der Waals surface area contributed by atoms with Gasteiger partial charge >= 0.3 is 0 Å². The second kappa shape index (κ2) is 8.57. The molecule has 1 fully saturated rings.